The van der Waals surface area contributed by atoms with Crippen molar-refractivity contribution in [1.82, 2.24) is 4.31 Å². The molecule has 0 bridgehead atoms. The number of anilines is 2. The third-order valence-corrected chi connectivity index (χ3v) is 5.99. The van der Waals surface area contributed by atoms with Crippen molar-refractivity contribution in [2.24, 2.45) is 0 Å². The highest BCUT2D eigenvalue weighted by molar-refractivity contribution is 7.88. The number of aryl methyl sites for hydroxylation is 1. The van der Waals surface area contributed by atoms with Gasteiger partial charge in [0.25, 0.3) is 0 Å². The molecule has 0 unspecified atom stereocenters. The number of nitrogens with one attached hydrogen (secondary N) is 1. The van der Waals surface area contributed by atoms with Crippen molar-refractivity contribution >= 4 is 27.3 Å². The van der Waals surface area contributed by atoms with E-state index in [9.17, 15) is 13.2 Å². The minimum absolute atomic E-state index is 0.155. The zero-order chi connectivity index (χ0) is 20.9. The third-order valence-electron chi connectivity index (χ3n) is 4.80. The molecule has 0 aliphatic carbocycles. The standard InChI is InChI=1S/C21H27N3O4S/c1-17-3-5-18(6-4-17)15-24(29(2,26)27)16-21(25)22-19-7-9-20(10-8-19)23-11-13-28-14-12-23/h3-10H,11-16H2,1-2H3,(H,22,25). The van der Waals surface area contributed by atoms with Crippen molar-refractivity contribution in [3.05, 3.63) is 59.7 Å². The number of carbonyl (C=O) groups is 1. The van der Waals surface area contributed by atoms with Crippen LogP contribution in [0.4, 0.5) is 11.4 Å². The Labute approximate surface area is 172 Å². The van der Waals surface area contributed by atoms with Crippen LogP contribution in [0.3, 0.4) is 0 Å². The Morgan fingerprint density at radius 2 is 1.69 bits per heavy atom. The highest BCUT2D eigenvalue weighted by Gasteiger charge is 2.21. The van der Waals surface area contributed by atoms with Gasteiger partial charge in [-0.3, -0.25) is 4.79 Å². The second-order valence-electron chi connectivity index (χ2n) is 7.21. The summed E-state index contributed by atoms with van der Waals surface area (Å²) in [4.78, 5) is 14.7. The number of rotatable bonds is 7. The zero-order valence-electron chi connectivity index (χ0n) is 16.8. The number of nitrogens with zero attached hydrogens (tertiary/aromatic N) is 2. The number of carbonyl (C=O) groups excluding carboxylic acids is 1. The van der Waals surface area contributed by atoms with Gasteiger partial charge in [-0.1, -0.05) is 29.8 Å². The second kappa shape index (κ2) is 9.39. The van der Waals surface area contributed by atoms with Crippen LogP contribution in [-0.2, 0) is 26.1 Å². The van der Waals surface area contributed by atoms with Gasteiger partial charge in [0.1, 0.15) is 0 Å². The molecular formula is C21H27N3O4S. The summed E-state index contributed by atoms with van der Waals surface area (Å²) in [7, 11) is -3.53. The maximum atomic E-state index is 12.5. The fourth-order valence-electron chi connectivity index (χ4n) is 3.13. The van der Waals surface area contributed by atoms with Gasteiger partial charge in [-0.15, -0.1) is 0 Å². The molecule has 1 aliphatic rings. The summed E-state index contributed by atoms with van der Waals surface area (Å²) in [5.41, 5.74) is 3.64. The van der Waals surface area contributed by atoms with Gasteiger partial charge < -0.3 is 15.0 Å². The van der Waals surface area contributed by atoms with E-state index in [0.29, 0.717) is 18.9 Å². The predicted octanol–water partition coefficient (Wildman–Crippen LogP) is 2.23. The third kappa shape index (κ3) is 6.28. The van der Waals surface area contributed by atoms with Gasteiger partial charge in [0.2, 0.25) is 15.9 Å². The highest BCUT2D eigenvalue weighted by Crippen LogP contribution is 2.19. The first-order valence-corrected chi connectivity index (χ1v) is 11.4. The summed E-state index contributed by atoms with van der Waals surface area (Å²) in [6.45, 7) is 4.99. The van der Waals surface area contributed by atoms with Gasteiger partial charge in [0.05, 0.1) is 26.0 Å². The monoisotopic (exact) mass is 417 g/mol. The van der Waals surface area contributed by atoms with E-state index in [1.165, 1.54) is 4.31 Å². The average Bonchev–Trinajstić information content (AvgIpc) is 2.69. The Balaban J connectivity index is 1.61. The largest absolute Gasteiger partial charge is 0.378 e. The molecule has 2 aromatic carbocycles. The van der Waals surface area contributed by atoms with Crippen molar-refractivity contribution in [2.75, 3.05) is 49.3 Å². The summed E-state index contributed by atoms with van der Waals surface area (Å²) < 4.78 is 30.8. The summed E-state index contributed by atoms with van der Waals surface area (Å²) >= 11 is 0. The highest BCUT2D eigenvalue weighted by atomic mass is 32.2. The Bertz CT molecular complexity index is 921. The molecule has 29 heavy (non-hydrogen) atoms. The Morgan fingerprint density at radius 1 is 1.07 bits per heavy atom. The van der Waals surface area contributed by atoms with E-state index >= 15 is 0 Å². The number of amides is 1. The SMILES string of the molecule is Cc1ccc(CN(CC(=O)Nc2ccc(N3CCOCC3)cc2)S(C)(=O)=O)cc1. The molecule has 0 radical (unpaired) electrons. The van der Waals surface area contributed by atoms with E-state index in [1.54, 1.807) is 0 Å². The van der Waals surface area contributed by atoms with Crippen LogP contribution in [0.2, 0.25) is 0 Å². The first kappa shape index (κ1) is 21.3. The molecular weight excluding hydrogens is 390 g/mol. The number of ether oxygens (including phenoxy) is 1. The molecule has 1 N–H and O–H groups in total. The van der Waals surface area contributed by atoms with Crippen LogP contribution >= 0.6 is 0 Å². The number of sulfonamides is 1. The van der Waals surface area contributed by atoms with Crippen LogP contribution in [0.15, 0.2) is 48.5 Å². The van der Waals surface area contributed by atoms with Crippen LogP contribution in [0.1, 0.15) is 11.1 Å². The van der Waals surface area contributed by atoms with Crippen molar-refractivity contribution in [3.8, 4) is 0 Å². The van der Waals surface area contributed by atoms with Crippen molar-refractivity contribution in [1.29, 1.82) is 0 Å². The molecule has 8 heteroatoms. The summed E-state index contributed by atoms with van der Waals surface area (Å²) in [5.74, 6) is -0.373. The predicted molar refractivity (Wildman–Crippen MR) is 115 cm³/mol. The molecule has 156 valence electrons. The van der Waals surface area contributed by atoms with Crippen LogP contribution in [0.5, 0.6) is 0 Å². The number of hydrogen-bond donors (Lipinski definition) is 1. The molecule has 0 aromatic heterocycles. The first-order chi connectivity index (χ1) is 13.8. The van der Waals surface area contributed by atoms with Crippen molar-refractivity contribution in [3.63, 3.8) is 0 Å². The maximum Gasteiger partial charge on any atom is 0.239 e. The minimum atomic E-state index is -3.53. The minimum Gasteiger partial charge on any atom is -0.378 e. The average molecular weight is 418 g/mol. The van der Waals surface area contributed by atoms with E-state index < -0.39 is 10.0 Å². The van der Waals surface area contributed by atoms with Gasteiger partial charge >= 0.3 is 0 Å². The zero-order valence-corrected chi connectivity index (χ0v) is 17.6. The molecule has 1 aliphatic heterocycles. The lowest BCUT2D eigenvalue weighted by atomic mass is 10.1. The lowest BCUT2D eigenvalue weighted by molar-refractivity contribution is -0.116. The molecule has 3 rings (SSSR count). The summed E-state index contributed by atoms with van der Waals surface area (Å²) in [5, 5.41) is 2.78. The molecule has 0 atom stereocenters. The van der Waals surface area contributed by atoms with Gasteiger partial charge in [-0.05, 0) is 36.8 Å². The molecule has 2 aromatic rings. The number of hydrogen-bond acceptors (Lipinski definition) is 5. The Morgan fingerprint density at radius 3 is 2.28 bits per heavy atom. The Kier molecular flexibility index (Phi) is 6.89. The molecule has 1 fully saturated rings. The van der Waals surface area contributed by atoms with Gasteiger partial charge in [-0.25, -0.2) is 8.42 Å². The molecule has 0 spiro atoms. The number of morpholine rings is 1. The second-order valence-corrected chi connectivity index (χ2v) is 9.19. The lowest BCUT2D eigenvalue weighted by Gasteiger charge is -2.29. The van der Waals surface area contributed by atoms with Gasteiger partial charge in [0.15, 0.2) is 0 Å². The van der Waals surface area contributed by atoms with E-state index in [4.69, 9.17) is 4.74 Å². The van der Waals surface area contributed by atoms with Gasteiger partial charge in [0, 0.05) is 31.0 Å². The summed E-state index contributed by atoms with van der Waals surface area (Å²) in [6.07, 6.45) is 1.12. The number of benzene rings is 2. The molecule has 1 amide bonds. The first-order valence-electron chi connectivity index (χ1n) is 9.54. The topological polar surface area (TPSA) is 79.0 Å². The van der Waals surface area contributed by atoms with Gasteiger partial charge in [-0.2, -0.15) is 4.31 Å². The smallest absolute Gasteiger partial charge is 0.239 e. The molecule has 1 saturated heterocycles. The van der Waals surface area contributed by atoms with Crippen molar-refractivity contribution < 1.29 is 17.9 Å². The van der Waals surface area contributed by atoms with E-state index in [2.05, 4.69) is 10.2 Å². The van der Waals surface area contributed by atoms with Crippen LogP contribution in [-0.4, -0.2) is 57.7 Å². The van der Waals surface area contributed by atoms with E-state index in [-0.39, 0.29) is 19.0 Å². The van der Waals surface area contributed by atoms with Crippen LogP contribution < -0.4 is 10.2 Å². The lowest BCUT2D eigenvalue weighted by Crippen LogP contribution is -2.37. The van der Waals surface area contributed by atoms with Crippen LogP contribution in [0, 0.1) is 6.92 Å². The van der Waals surface area contributed by atoms with E-state index in [1.807, 2.05) is 55.5 Å². The van der Waals surface area contributed by atoms with E-state index in [0.717, 1.165) is 36.2 Å². The molecule has 0 saturated carbocycles. The maximum absolute atomic E-state index is 12.5. The normalized spacial score (nSPS) is 14.8. The molecule has 1 heterocycles. The summed E-state index contributed by atoms with van der Waals surface area (Å²) in [6, 6.07) is 15.1. The molecule has 7 nitrogen and oxygen atoms in total. The Hall–Kier alpha value is -2.42. The fraction of sp³-hybridized carbons (Fsp3) is 0.381. The fourth-order valence-corrected chi connectivity index (χ4v) is 3.86. The van der Waals surface area contributed by atoms with Crippen LogP contribution in [0.25, 0.3) is 0 Å². The quantitative estimate of drug-likeness (QED) is 0.747. The van der Waals surface area contributed by atoms with Crippen molar-refractivity contribution in [2.45, 2.75) is 13.5 Å².